The average molecular weight is 560 g/mol. The van der Waals surface area contributed by atoms with Crippen molar-refractivity contribution in [1.29, 1.82) is 0 Å². The number of anilines is 1. The summed E-state index contributed by atoms with van der Waals surface area (Å²) >= 11 is 6.33. The molecule has 40 heavy (non-hydrogen) atoms. The zero-order chi connectivity index (χ0) is 27.6. The van der Waals surface area contributed by atoms with Gasteiger partial charge in [0.2, 0.25) is 5.95 Å². The number of aromatic nitrogens is 4. The molecule has 1 saturated carbocycles. The number of carbonyl (C=O) groups is 1. The van der Waals surface area contributed by atoms with Crippen LogP contribution >= 0.6 is 11.6 Å². The minimum Gasteiger partial charge on any atom is -0.477 e. The van der Waals surface area contributed by atoms with Crippen molar-refractivity contribution in [2.75, 3.05) is 24.7 Å². The normalized spacial score (nSPS) is 21.6. The number of ether oxygens (including phenoxy) is 1. The van der Waals surface area contributed by atoms with Gasteiger partial charge in [-0.05, 0) is 42.4 Å². The van der Waals surface area contributed by atoms with E-state index in [1.54, 1.807) is 24.5 Å². The van der Waals surface area contributed by atoms with Gasteiger partial charge in [-0.1, -0.05) is 68.1 Å². The number of imidazole rings is 1. The second-order valence-corrected chi connectivity index (χ2v) is 11.4. The van der Waals surface area contributed by atoms with E-state index in [0.717, 1.165) is 42.3 Å². The molecule has 1 atom stereocenters. The number of morpholine rings is 1. The molecule has 3 aromatic heterocycles. The smallest absolute Gasteiger partial charge is 0.354 e. The Morgan fingerprint density at radius 2 is 1.85 bits per heavy atom. The quantitative estimate of drug-likeness (QED) is 0.271. The standard InChI is InChI=1S/C31H34ClN5O3/c1-2-20-8-10-21(11-9-20)18-37-29-25(15-26(30(38)39)34-28(29)23-14-24(32)17-33-16-23)35-31(37)36-12-13-40-19-27(36)22-6-4-3-5-7-22/h3-7,14-17,20-21,27H,2,8-13,18-19H2,1H3,(H,38,39)/t20?,21?,27-/m0/s1. The van der Waals surface area contributed by atoms with Gasteiger partial charge in [0.1, 0.15) is 0 Å². The molecule has 0 bridgehead atoms. The van der Waals surface area contributed by atoms with Crippen LogP contribution < -0.4 is 4.90 Å². The maximum atomic E-state index is 12.1. The maximum absolute atomic E-state index is 12.1. The minimum atomic E-state index is -1.10. The topological polar surface area (TPSA) is 93.4 Å². The summed E-state index contributed by atoms with van der Waals surface area (Å²) in [5.41, 5.74) is 3.74. The van der Waals surface area contributed by atoms with Crippen molar-refractivity contribution in [3.63, 3.8) is 0 Å². The van der Waals surface area contributed by atoms with Crippen molar-refractivity contribution in [2.24, 2.45) is 11.8 Å². The van der Waals surface area contributed by atoms with Gasteiger partial charge in [-0.15, -0.1) is 0 Å². The molecule has 1 aromatic carbocycles. The van der Waals surface area contributed by atoms with Crippen LogP contribution in [0.25, 0.3) is 22.3 Å². The minimum absolute atomic E-state index is 0.00969. The number of fused-ring (bicyclic) bond motifs is 1. The summed E-state index contributed by atoms with van der Waals surface area (Å²) in [4.78, 5) is 28.5. The molecule has 1 aliphatic carbocycles. The first kappa shape index (κ1) is 26.7. The molecule has 1 aliphatic heterocycles. The fourth-order valence-electron chi connectivity index (χ4n) is 6.26. The van der Waals surface area contributed by atoms with Crippen molar-refractivity contribution >= 4 is 34.6 Å². The van der Waals surface area contributed by atoms with E-state index in [2.05, 4.69) is 38.5 Å². The molecule has 9 heteroatoms. The van der Waals surface area contributed by atoms with Crippen LogP contribution in [0.1, 0.15) is 61.1 Å². The Balaban J connectivity index is 1.54. The summed E-state index contributed by atoms with van der Waals surface area (Å²) in [7, 11) is 0. The van der Waals surface area contributed by atoms with Crippen LogP contribution in [-0.4, -0.2) is 50.4 Å². The van der Waals surface area contributed by atoms with Crippen LogP contribution in [0, 0.1) is 11.8 Å². The highest BCUT2D eigenvalue weighted by atomic mass is 35.5. The summed E-state index contributed by atoms with van der Waals surface area (Å²) < 4.78 is 8.22. The predicted octanol–water partition coefficient (Wildman–Crippen LogP) is 6.64. The number of pyridine rings is 2. The number of carboxylic acid groups (broad SMARTS) is 1. The van der Waals surface area contributed by atoms with Gasteiger partial charge in [-0.25, -0.2) is 14.8 Å². The maximum Gasteiger partial charge on any atom is 0.354 e. The Hall–Kier alpha value is -3.49. The Morgan fingerprint density at radius 3 is 2.58 bits per heavy atom. The molecule has 0 radical (unpaired) electrons. The number of aromatic carboxylic acids is 1. The van der Waals surface area contributed by atoms with Gasteiger partial charge in [0.15, 0.2) is 5.69 Å². The molecule has 0 unspecified atom stereocenters. The lowest BCUT2D eigenvalue weighted by molar-refractivity contribution is 0.0690. The lowest BCUT2D eigenvalue weighted by Gasteiger charge is -2.37. The Morgan fingerprint density at radius 1 is 1.07 bits per heavy atom. The van der Waals surface area contributed by atoms with Crippen molar-refractivity contribution in [2.45, 2.75) is 51.6 Å². The van der Waals surface area contributed by atoms with Gasteiger partial charge < -0.3 is 19.3 Å². The number of carboxylic acids is 1. The number of hydrogen-bond acceptors (Lipinski definition) is 6. The number of benzene rings is 1. The highest BCUT2D eigenvalue weighted by molar-refractivity contribution is 6.30. The molecular formula is C31H34ClN5O3. The number of rotatable bonds is 7. The summed E-state index contributed by atoms with van der Waals surface area (Å²) in [6, 6.07) is 13.7. The summed E-state index contributed by atoms with van der Waals surface area (Å²) in [5.74, 6) is 1.02. The van der Waals surface area contributed by atoms with Crippen molar-refractivity contribution in [1.82, 2.24) is 19.5 Å². The highest BCUT2D eigenvalue weighted by Crippen LogP contribution is 2.39. The highest BCUT2D eigenvalue weighted by Gasteiger charge is 2.32. The van der Waals surface area contributed by atoms with Crippen LogP contribution in [0.15, 0.2) is 54.9 Å². The second kappa shape index (κ2) is 11.6. The van der Waals surface area contributed by atoms with Crippen LogP contribution in [0.2, 0.25) is 5.02 Å². The Bertz CT molecular complexity index is 1500. The molecular weight excluding hydrogens is 526 g/mol. The predicted molar refractivity (Wildman–Crippen MR) is 156 cm³/mol. The van der Waals surface area contributed by atoms with E-state index in [4.69, 9.17) is 21.3 Å². The molecule has 4 heterocycles. The van der Waals surface area contributed by atoms with Gasteiger partial charge in [-0.2, -0.15) is 0 Å². The molecule has 1 N–H and O–H groups in total. The Labute approximate surface area is 239 Å². The molecule has 0 amide bonds. The molecule has 0 spiro atoms. The van der Waals surface area contributed by atoms with E-state index >= 15 is 0 Å². The van der Waals surface area contributed by atoms with E-state index in [1.165, 1.54) is 19.3 Å². The first-order chi connectivity index (χ1) is 19.5. The van der Waals surface area contributed by atoms with Gasteiger partial charge >= 0.3 is 5.97 Å². The molecule has 2 fully saturated rings. The largest absolute Gasteiger partial charge is 0.477 e. The average Bonchev–Trinajstić information content (AvgIpc) is 3.35. The van der Waals surface area contributed by atoms with E-state index in [-0.39, 0.29) is 11.7 Å². The number of hydrogen-bond donors (Lipinski definition) is 1. The third kappa shape index (κ3) is 5.30. The zero-order valence-electron chi connectivity index (χ0n) is 22.7. The monoisotopic (exact) mass is 559 g/mol. The summed E-state index contributed by atoms with van der Waals surface area (Å²) in [6.45, 7) is 4.90. The van der Waals surface area contributed by atoms with Gasteiger partial charge in [0.25, 0.3) is 0 Å². The molecule has 6 rings (SSSR count). The molecule has 4 aromatic rings. The zero-order valence-corrected chi connectivity index (χ0v) is 23.4. The van der Waals surface area contributed by atoms with Crippen LogP contribution in [0.5, 0.6) is 0 Å². The van der Waals surface area contributed by atoms with E-state index in [1.807, 2.05) is 18.2 Å². The summed E-state index contributed by atoms with van der Waals surface area (Å²) in [6.07, 6.45) is 9.28. The fourth-order valence-corrected chi connectivity index (χ4v) is 6.44. The van der Waals surface area contributed by atoms with Crippen LogP contribution in [0.3, 0.4) is 0 Å². The summed E-state index contributed by atoms with van der Waals surface area (Å²) in [5, 5.41) is 10.4. The lowest BCUT2D eigenvalue weighted by Crippen LogP contribution is -2.41. The van der Waals surface area contributed by atoms with Crippen LogP contribution in [0.4, 0.5) is 5.95 Å². The van der Waals surface area contributed by atoms with Crippen molar-refractivity contribution < 1.29 is 14.6 Å². The number of halogens is 1. The van der Waals surface area contributed by atoms with Crippen LogP contribution in [-0.2, 0) is 11.3 Å². The lowest BCUT2D eigenvalue weighted by atomic mass is 9.81. The van der Waals surface area contributed by atoms with Crippen molar-refractivity contribution in [3.8, 4) is 11.3 Å². The third-order valence-corrected chi connectivity index (χ3v) is 8.66. The third-order valence-electron chi connectivity index (χ3n) is 8.46. The first-order valence-corrected chi connectivity index (χ1v) is 14.5. The van der Waals surface area contributed by atoms with Gasteiger partial charge in [0.05, 0.1) is 41.0 Å². The fraction of sp³-hybridized carbons (Fsp3) is 0.419. The van der Waals surface area contributed by atoms with Crippen molar-refractivity contribution in [3.05, 3.63) is 71.1 Å². The van der Waals surface area contributed by atoms with E-state index < -0.39 is 5.97 Å². The molecule has 2 aliphatic rings. The Kier molecular flexibility index (Phi) is 7.71. The first-order valence-electron chi connectivity index (χ1n) is 14.2. The van der Waals surface area contributed by atoms with Gasteiger partial charge in [-0.3, -0.25) is 4.98 Å². The molecule has 1 saturated heterocycles. The molecule has 208 valence electrons. The van der Waals surface area contributed by atoms with Gasteiger partial charge in [0, 0.05) is 31.0 Å². The number of nitrogens with zero attached hydrogens (tertiary/aromatic N) is 5. The second-order valence-electron chi connectivity index (χ2n) is 10.9. The molecule has 8 nitrogen and oxygen atoms in total. The SMILES string of the molecule is CCC1CCC(Cn2c(N3CCOC[C@H]3c3ccccc3)nc3cc(C(=O)O)nc(-c4cncc(Cl)c4)c32)CC1. The van der Waals surface area contributed by atoms with E-state index in [0.29, 0.717) is 47.5 Å². The van der Waals surface area contributed by atoms with E-state index in [9.17, 15) is 9.90 Å².